The molecule has 40 heavy (non-hydrogen) atoms. The zero-order valence-corrected chi connectivity index (χ0v) is 23.1. The van der Waals surface area contributed by atoms with Crippen LogP contribution in [-0.4, -0.2) is 21.8 Å². The first-order chi connectivity index (χ1) is 19.3. The first-order valence-electron chi connectivity index (χ1n) is 12.3. The Labute approximate surface area is 242 Å². The van der Waals surface area contributed by atoms with Gasteiger partial charge in [-0.25, -0.2) is 8.78 Å². The number of fused-ring (bicyclic) bond motifs is 1. The highest BCUT2D eigenvalue weighted by Gasteiger charge is 2.22. The van der Waals surface area contributed by atoms with E-state index < -0.39 is 23.6 Å². The van der Waals surface area contributed by atoms with E-state index in [0.29, 0.717) is 33.7 Å². The van der Waals surface area contributed by atoms with Gasteiger partial charge in [-0.3, -0.25) is 14.6 Å². The molecule has 10 heteroatoms. The minimum absolute atomic E-state index is 0.0397. The standard InChI is InChI=1S/C30H23F2IN4O3/c31-21-9-17(10-22(32)14-21)11-27(29-24(5-2-8-35-29)18-3-1-4-19(12-18)30(34)39)37-28(38)13-20-16-36-26-7-6-23(40-33)15-25(20)26/h1-10,12,14-16,27,36H,11,13H2,(H2,34,39)(H,37,38)/t27-/m0/s1. The molecule has 0 aliphatic heterocycles. The Morgan fingerprint density at radius 3 is 2.58 bits per heavy atom. The number of amides is 2. The Balaban J connectivity index is 1.51. The van der Waals surface area contributed by atoms with Crippen molar-refractivity contribution in [3.8, 4) is 16.9 Å². The maximum Gasteiger partial charge on any atom is 0.248 e. The summed E-state index contributed by atoms with van der Waals surface area (Å²) in [5.41, 5.74) is 9.53. The molecular formula is C30H23F2IN4O3. The van der Waals surface area contributed by atoms with Gasteiger partial charge in [-0.15, -0.1) is 0 Å². The molecule has 2 amide bonds. The van der Waals surface area contributed by atoms with Gasteiger partial charge in [0, 0.05) is 40.5 Å². The molecule has 0 unspecified atom stereocenters. The highest BCUT2D eigenvalue weighted by atomic mass is 127. The molecule has 2 aromatic heterocycles. The molecule has 0 aliphatic carbocycles. The lowest BCUT2D eigenvalue weighted by Gasteiger charge is -2.22. The molecule has 0 saturated heterocycles. The van der Waals surface area contributed by atoms with Crippen molar-refractivity contribution in [2.45, 2.75) is 18.9 Å². The Bertz CT molecular complexity index is 1700. The van der Waals surface area contributed by atoms with Gasteiger partial charge in [-0.05, 0) is 71.6 Å². The summed E-state index contributed by atoms with van der Waals surface area (Å²) in [6.45, 7) is 0. The Kier molecular flexibility index (Phi) is 8.06. The van der Waals surface area contributed by atoms with Gasteiger partial charge < -0.3 is 19.1 Å². The van der Waals surface area contributed by atoms with Crippen molar-refractivity contribution in [2.75, 3.05) is 0 Å². The van der Waals surface area contributed by atoms with E-state index in [1.807, 2.05) is 18.2 Å². The van der Waals surface area contributed by atoms with Crippen LogP contribution in [0.1, 0.15) is 33.2 Å². The number of rotatable bonds is 9. The summed E-state index contributed by atoms with van der Waals surface area (Å²) >= 11 is 1.80. The predicted octanol–water partition coefficient (Wildman–Crippen LogP) is 5.98. The summed E-state index contributed by atoms with van der Waals surface area (Å²) in [6.07, 6.45) is 3.45. The van der Waals surface area contributed by atoms with Crippen LogP contribution >= 0.6 is 23.0 Å². The van der Waals surface area contributed by atoms with Crippen molar-refractivity contribution in [3.05, 3.63) is 119 Å². The summed E-state index contributed by atoms with van der Waals surface area (Å²) in [6, 6.07) is 18.3. The number of aromatic nitrogens is 2. The second-order valence-electron chi connectivity index (χ2n) is 9.26. The lowest BCUT2D eigenvalue weighted by atomic mass is 9.94. The molecule has 0 radical (unpaired) electrons. The number of H-pyrrole nitrogens is 1. The molecule has 0 saturated carbocycles. The number of nitrogens with zero attached hydrogens (tertiary/aromatic N) is 1. The molecule has 5 aromatic rings. The largest absolute Gasteiger partial charge is 0.428 e. The third-order valence-electron chi connectivity index (χ3n) is 6.50. The monoisotopic (exact) mass is 652 g/mol. The third-order valence-corrected chi connectivity index (χ3v) is 7.01. The molecule has 2 heterocycles. The van der Waals surface area contributed by atoms with Crippen LogP contribution in [0, 0.1) is 11.6 Å². The summed E-state index contributed by atoms with van der Waals surface area (Å²) in [4.78, 5) is 32.9. The van der Waals surface area contributed by atoms with E-state index in [-0.39, 0.29) is 18.7 Å². The molecule has 0 fully saturated rings. The van der Waals surface area contributed by atoms with Crippen LogP contribution in [0.25, 0.3) is 22.0 Å². The van der Waals surface area contributed by atoms with Crippen LogP contribution in [0.3, 0.4) is 0 Å². The minimum Gasteiger partial charge on any atom is -0.428 e. The van der Waals surface area contributed by atoms with Gasteiger partial charge >= 0.3 is 0 Å². The molecule has 0 aliphatic rings. The van der Waals surface area contributed by atoms with Crippen molar-refractivity contribution in [1.82, 2.24) is 15.3 Å². The molecule has 7 nitrogen and oxygen atoms in total. The Morgan fingerprint density at radius 2 is 1.82 bits per heavy atom. The second kappa shape index (κ2) is 11.8. The maximum atomic E-state index is 14.1. The number of benzene rings is 3. The highest BCUT2D eigenvalue weighted by molar-refractivity contribution is 14.1. The summed E-state index contributed by atoms with van der Waals surface area (Å²) in [5, 5.41) is 3.86. The SMILES string of the molecule is NC(=O)c1cccc(-c2cccnc2[C@H](Cc2cc(F)cc(F)c2)NC(=O)Cc2c[nH]c3ccc(OI)cc23)c1. The van der Waals surface area contributed by atoms with E-state index in [4.69, 9.17) is 8.80 Å². The molecule has 0 bridgehead atoms. The summed E-state index contributed by atoms with van der Waals surface area (Å²) in [7, 11) is 0. The van der Waals surface area contributed by atoms with Crippen molar-refractivity contribution in [2.24, 2.45) is 5.73 Å². The minimum atomic E-state index is -0.749. The Morgan fingerprint density at radius 1 is 1.02 bits per heavy atom. The Hall–Kier alpha value is -4.32. The topological polar surface area (TPSA) is 110 Å². The number of halogens is 3. The fraction of sp³-hybridized carbons (Fsp3) is 0.100. The van der Waals surface area contributed by atoms with E-state index in [2.05, 4.69) is 15.3 Å². The van der Waals surface area contributed by atoms with Crippen LogP contribution in [-0.2, 0) is 17.6 Å². The molecule has 1 atom stereocenters. The fourth-order valence-electron chi connectivity index (χ4n) is 4.73. The molecule has 202 valence electrons. The van der Waals surface area contributed by atoms with Crippen LogP contribution in [0.4, 0.5) is 8.78 Å². The number of aromatic amines is 1. The first-order valence-corrected chi connectivity index (χ1v) is 13.2. The molecule has 5 rings (SSSR count). The first kappa shape index (κ1) is 27.3. The zero-order valence-electron chi connectivity index (χ0n) is 21.0. The maximum absolute atomic E-state index is 14.1. The van der Waals surface area contributed by atoms with Crippen molar-refractivity contribution >= 4 is 45.7 Å². The van der Waals surface area contributed by atoms with Crippen molar-refractivity contribution in [3.63, 3.8) is 0 Å². The smallest absolute Gasteiger partial charge is 0.248 e. The van der Waals surface area contributed by atoms with E-state index in [1.165, 1.54) is 12.1 Å². The number of nitrogens with two attached hydrogens (primary N) is 1. The average Bonchev–Trinajstić information content (AvgIpc) is 3.33. The lowest BCUT2D eigenvalue weighted by Crippen LogP contribution is -2.32. The zero-order chi connectivity index (χ0) is 28.2. The molecule has 4 N–H and O–H groups in total. The number of carbonyl (C=O) groups is 2. The average molecular weight is 652 g/mol. The van der Waals surface area contributed by atoms with Gasteiger partial charge in [0.1, 0.15) is 17.4 Å². The van der Waals surface area contributed by atoms with Crippen molar-refractivity contribution < 1.29 is 21.4 Å². The van der Waals surface area contributed by atoms with Gasteiger partial charge in [-0.2, -0.15) is 0 Å². The number of carbonyl (C=O) groups excluding carboxylic acids is 2. The second-order valence-corrected chi connectivity index (χ2v) is 9.70. The number of pyridine rings is 1. The summed E-state index contributed by atoms with van der Waals surface area (Å²) in [5.74, 6) is -1.69. The normalized spacial score (nSPS) is 11.8. The van der Waals surface area contributed by atoms with Crippen LogP contribution in [0.2, 0.25) is 0 Å². The lowest BCUT2D eigenvalue weighted by molar-refractivity contribution is -0.121. The molecule has 3 aromatic carbocycles. The van der Waals surface area contributed by atoms with E-state index in [1.54, 1.807) is 71.8 Å². The molecular weight excluding hydrogens is 629 g/mol. The summed E-state index contributed by atoms with van der Waals surface area (Å²) < 4.78 is 33.4. The van der Waals surface area contributed by atoms with Gasteiger partial charge in [0.05, 0.1) is 18.2 Å². The number of nitrogens with one attached hydrogen (secondary N) is 2. The highest BCUT2D eigenvalue weighted by Crippen LogP contribution is 2.30. The van der Waals surface area contributed by atoms with E-state index in [0.717, 1.165) is 22.5 Å². The number of hydrogen-bond donors (Lipinski definition) is 3. The van der Waals surface area contributed by atoms with Crippen molar-refractivity contribution in [1.29, 1.82) is 0 Å². The van der Waals surface area contributed by atoms with Gasteiger partial charge in [0.2, 0.25) is 11.8 Å². The fourth-order valence-corrected chi connectivity index (χ4v) is 5.00. The van der Waals surface area contributed by atoms with Crippen LogP contribution in [0.15, 0.2) is 85.2 Å². The van der Waals surface area contributed by atoms with Crippen LogP contribution in [0.5, 0.6) is 5.75 Å². The third kappa shape index (κ3) is 6.12. The number of hydrogen-bond acceptors (Lipinski definition) is 4. The quantitative estimate of drug-likeness (QED) is 0.170. The van der Waals surface area contributed by atoms with Gasteiger partial charge in [0.25, 0.3) is 0 Å². The van der Waals surface area contributed by atoms with Gasteiger partial charge in [-0.1, -0.05) is 18.2 Å². The van der Waals surface area contributed by atoms with E-state index >= 15 is 0 Å². The predicted molar refractivity (Wildman–Crippen MR) is 156 cm³/mol. The van der Waals surface area contributed by atoms with Gasteiger partial charge in [0.15, 0.2) is 23.0 Å². The van der Waals surface area contributed by atoms with Crippen LogP contribution < -0.4 is 14.1 Å². The van der Waals surface area contributed by atoms with E-state index in [9.17, 15) is 18.4 Å². The molecule has 0 spiro atoms. The number of primary amides is 1.